The molecule has 0 aliphatic carbocycles. The SMILES string of the molecule is COc1ccc(-c2nnc(S[C@@H](C)C(=O)Nc3cccc(Cl)c3C)n2C)cc1. The van der Waals surface area contributed by atoms with E-state index in [1.807, 2.05) is 61.9 Å². The van der Waals surface area contributed by atoms with Gasteiger partial charge in [-0.15, -0.1) is 10.2 Å². The van der Waals surface area contributed by atoms with Crippen LogP contribution < -0.4 is 10.1 Å². The van der Waals surface area contributed by atoms with Crippen molar-refractivity contribution in [2.45, 2.75) is 24.3 Å². The summed E-state index contributed by atoms with van der Waals surface area (Å²) < 4.78 is 7.06. The molecule has 0 fully saturated rings. The van der Waals surface area contributed by atoms with Gasteiger partial charge in [0, 0.05) is 23.3 Å². The maximum Gasteiger partial charge on any atom is 0.237 e. The van der Waals surface area contributed by atoms with Gasteiger partial charge in [-0.2, -0.15) is 0 Å². The van der Waals surface area contributed by atoms with E-state index in [0.717, 1.165) is 22.7 Å². The minimum Gasteiger partial charge on any atom is -0.497 e. The van der Waals surface area contributed by atoms with E-state index >= 15 is 0 Å². The number of rotatable bonds is 6. The van der Waals surface area contributed by atoms with Gasteiger partial charge in [0.05, 0.1) is 12.4 Å². The van der Waals surface area contributed by atoms with Crippen LogP contribution in [0.4, 0.5) is 5.69 Å². The van der Waals surface area contributed by atoms with Gasteiger partial charge in [-0.3, -0.25) is 4.79 Å². The smallest absolute Gasteiger partial charge is 0.237 e. The van der Waals surface area contributed by atoms with Gasteiger partial charge in [-0.25, -0.2) is 0 Å². The van der Waals surface area contributed by atoms with Gasteiger partial charge in [0.2, 0.25) is 5.91 Å². The lowest BCUT2D eigenvalue weighted by molar-refractivity contribution is -0.115. The second-order valence-corrected chi connectivity index (χ2v) is 7.97. The van der Waals surface area contributed by atoms with Crippen LogP contribution in [0.15, 0.2) is 47.6 Å². The Morgan fingerprint density at radius 3 is 2.61 bits per heavy atom. The van der Waals surface area contributed by atoms with Crippen molar-refractivity contribution < 1.29 is 9.53 Å². The molecule has 1 amide bonds. The monoisotopic (exact) mass is 416 g/mol. The molecule has 1 aromatic heterocycles. The Morgan fingerprint density at radius 2 is 1.93 bits per heavy atom. The highest BCUT2D eigenvalue weighted by molar-refractivity contribution is 8.00. The lowest BCUT2D eigenvalue weighted by Gasteiger charge is -2.14. The number of methoxy groups -OCH3 is 1. The van der Waals surface area contributed by atoms with Crippen LogP contribution in [0, 0.1) is 6.92 Å². The number of hydrogen-bond acceptors (Lipinski definition) is 5. The number of halogens is 1. The predicted molar refractivity (Wildman–Crippen MR) is 113 cm³/mol. The van der Waals surface area contributed by atoms with Crippen LogP contribution in [0.25, 0.3) is 11.4 Å². The van der Waals surface area contributed by atoms with Crippen LogP contribution in [0.3, 0.4) is 0 Å². The van der Waals surface area contributed by atoms with Crippen molar-refractivity contribution in [3.05, 3.63) is 53.1 Å². The van der Waals surface area contributed by atoms with Gasteiger partial charge in [-0.1, -0.05) is 29.4 Å². The molecule has 28 heavy (non-hydrogen) atoms. The molecule has 0 aliphatic rings. The van der Waals surface area contributed by atoms with Crippen molar-refractivity contribution in [1.29, 1.82) is 0 Å². The molecule has 3 rings (SSSR count). The van der Waals surface area contributed by atoms with Crippen LogP contribution in [0.5, 0.6) is 5.75 Å². The molecule has 0 spiro atoms. The molecule has 2 aromatic carbocycles. The number of thioether (sulfide) groups is 1. The summed E-state index contributed by atoms with van der Waals surface area (Å²) in [6.45, 7) is 3.71. The Morgan fingerprint density at radius 1 is 1.21 bits per heavy atom. The maximum atomic E-state index is 12.6. The fraction of sp³-hybridized carbons (Fsp3) is 0.250. The van der Waals surface area contributed by atoms with Crippen LogP contribution in [-0.2, 0) is 11.8 Å². The number of carbonyl (C=O) groups excluding carboxylic acids is 1. The summed E-state index contributed by atoms with van der Waals surface area (Å²) in [5.74, 6) is 1.38. The van der Waals surface area contributed by atoms with Gasteiger partial charge in [0.25, 0.3) is 0 Å². The van der Waals surface area contributed by atoms with Gasteiger partial charge in [-0.05, 0) is 55.8 Å². The Balaban J connectivity index is 1.71. The van der Waals surface area contributed by atoms with Crippen LogP contribution in [-0.4, -0.2) is 33.0 Å². The minimum absolute atomic E-state index is 0.121. The highest BCUT2D eigenvalue weighted by atomic mass is 35.5. The normalized spacial score (nSPS) is 11.9. The summed E-state index contributed by atoms with van der Waals surface area (Å²) in [5, 5.41) is 12.4. The summed E-state index contributed by atoms with van der Waals surface area (Å²) >= 11 is 7.47. The first-order chi connectivity index (χ1) is 13.4. The Bertz CT molecular complexity index is 988. The number of nitrogens with zero attached hydrogens (tertiary/aromatic N) is 3. The number of carbonyl (C=O) groups is 1. The van der Waals surface area contributed by atoms with Crippen molar-refractivity contribution in [3.63, 3.8) is 0 Å². The Kier molecular flexibility index (Phi) is 6.26. The molecule has 0 bridgehead atoms. The summed E-state index contributed by atoms with van der Waals surface area (Å²) in [7, 11) is 3.51. The molecule has 0 radical (unpaired) electrons. The number of amides is 1. The Labute approximate surface area is 173 Å². The molecule has 6 nitrogen and oxygen atoms in total. The lowest BCUT2D eigenvalue weighted by Crippen LogP contribution is -2.23. The molecule has 0 unspecified atom stereocenters. The number of nitrogens with one attached hydrogen (secondary N) is 1. The average molecular weight is 417 g/mol. The van der Waals surface area contributed by atoms with E-state index in [-0.39, 0.29) is 11.2 Å². The molecule has 146 valence electrons. The first kappa shape index (κ1) is 20.2. The lowest BCUT2D eigenvalue weighted by atomic mass is 10.2. The van der Waals surface area contributed by atoms with Gasteiger partial charge >= 0.3 is 0 Å². The van der Waals surface area contributed by atoms with E-state index in [0.29, 0.717) is 15.9 Å². The average Bonchev–Trinajstić information content (AvgIpc) is 3.05. The van der Waals surface area contributed by atoms with Crippen molar-refractivity contribution in [2.75, 3.05) is 12.4 Å². The van der Waals surface area contributed by atoms with Crippen molar-refractivity contribution in [2.24, 2.45) is 7.05 Å². The molecule has 0 saturated heterocycles. The third-order valence-corrected chi connectivity index (χ3v) is 5.90. The number of hydrogen-bond donors (Lipinski definition) is 1. The van der Waals surface area contributed by atoms with Crippen LogP contribution in [0.2, 0.25) is 5.02 Å². The third-order valence-electron chi connectivity index (χ3n) is 4.36. The topological polar surface area (TPSA) is 69.0 Å². The largest absolute Gasteiger partial charge is 0.497 e. The van der Waals surface area contributed by atoms with Gasteiger partial charge < -0.3 is 14.6 Å². The molecule has 1 N–H and O–H groups in total. The van der Waals surface area contributed by atoms with Gasteiger partial charge in [0.1, 0.15) is 5.75 Å². The summed E-state index contributed by atoms with van der Waals surface area (Å²) in [4.78, 5) is 12.6. The quantitative estimate of drug-likeness (QED) is 0.596. The maximum absolute atomic E-state index is 12.6. The molecule has 1 heterocycles. The highest BCUT2D eigenvalue weighted by Crippen LogP contribution is 2.28. The van der Waals surface area contributed by atoms with E-state index in [1.54, 1.807) is 13.2 Å². The van der Waals surface area contributed by atoms with E-state index in [1.165, 1.54) is 11.8 Å². The molecule has 8 heteroatoms. The zero-order chi connectivity index (χ0) is 20.3. The molecular formula is C20H21ClN4O2S. The van der Waals surface area contributed by atoms with Gasteiger partial charge in [0.15, 0.2) is 11.0 Å². The van der Waals surface area contributed by atoms with E-state index in [9.17, 15) is 4.79 Å². The van der Waals surface area contributed by atoms with Crippen LogP contribution >= 0.6 is 23.4 Å². The first-order valence-corrected chi connectivity index (χ1v) is 9.93. The zero-order valence-corrected chi connectivity index (χ0v) is 17.6. The highest BCUT2D eigenvalue weighted by Gasteiger charge is 2.20. The number of anilines is 1. The summed E-state index contributed by atoms with van der Waals surface area (Å²) in [5.41, 5.74) is 2.48. The van der Waals surface area contributed by atoms with Crippen molar-refractivity contribution in [3.8, 4) is 17.1 Å². The predicted octanol–water partition coefficient (Wildman–Crippen LogP) is 4.57. The molecule has 3 aromatic rings. The molecule has 0 aliphatic heterocycles. The third kappa shape index (κ3) is 4.31. The second-order valence-electron chi connectivity index (χ2n) is 6.26. The Hall–Kier alpha value is -2.51. The van der Waals surface area contributed by atoms with Crippen molar-refractivity contribution >= 4 is 35.0 Å². The standard InChI is InChI=1S/C20H21ClN4O2S/c1-12-16(21)6-5-7-17(12)22-19(26)13(2)28-20-24-23-18(25(20)3)14-8-10-15(27-4)11-9-14/h5-11,13H,1-4H3,(H,22,26)/t13-/m0/s1. The van der Waals surface area contributed by atoms with E-state index < -0.39 is 0 Å². The van der Waals surface area contributed by atoms with Crippen molar-refractivity contribution in [1.82, 2.24) is 14.8 Å². The second kappa shape index (κ2) is 8.67. The number of ether oxygens (including phenoxy) is 1. The molecule has 1 atom stereocenters. The first-order valence-electron chi connectivity index (χ1n) is 8.67. The molecular weight excluding hydrogens is 396 g/mol. The minimum atomic E-state index is -0.356. The number of aromatic nitrogens is 3. The fourth-order valence-electron chi connectivity index (χ4n) is 2.60. The van der Waals surface area contributed by atoms with E-state index in [2.05, 4.69) is 15.5 Å². The summed E-state index contributed by atoms with van der Waals surface area (Å²) in [6, 6.07) is 13.0. The summed E-state index contributed by atoms with van der Waals surface area (Å²) in [6.07, 6.45) is 0. The van der Waals surface area contributed by atoms with E-state index in [4.69, 9.17) is 16.3 Å². The zero-order valence-electron chi connectivity index (χ0n) is 16.1. The van der Waals surface area contributed by atoms with Crippen LogP contribution in [0.1, 0.15) is 12.5 Å². The molecule has 0 saturated carbocycles. The number of benzene rings is 2. The fourth-order valence-corrected chi connectivity index (χ4v) is 3.59.